The zero-order valence-electron chi connectivity index (χ0n) is 15.3. The van der Waals surface area contributed by atoms with Gasteiger partial charge in [0.2, 0.25) is 10.0 Å². The summed E-state index contributed by atoms with van der Waals surface area (Å²) < 4.78 is 59.0. The fourth-order valence-corrected chi connectivity index (χ4v) is 4.71. The number of aryl methyl sites for hydroxylation is 2. The van der Waals surface area contributed by atoms with Gasteiger partial charge in [0.1, 0.15) is 28.1 Å². The minimum atomic E-state index is -4.18. The first-order valence-electron chi connectivity index (χ1n) is 8.44. The average molecular weight is 398 g/mol. The molecule has 0 unspecified atom stereocenters. The molecule has 6 nitrogen and oxygen atoms in total. The van der Waals surface area contributed by atoms with E-state index in [0.29, 0.717) is 23.2 Å². The van der Waals surface area contributed by atoms with Crippen molar-refractivity contribution in [1.29, 1.82) is 0 Å². The molecule has 0 atom stereocenters. The predicted octanol–water partition coefficient (Wildman–Crippen LogP) is 2.63. The zero-order valence-corrected chi connectivity index (χ0v) is 16.1. The number of benzene rings is 1. The Morgan fingerprint density at radius 3 is 2.22 bits per heavy atom. The number of amides is 1. The Hall–Kier alpha value is -2.26. The van der Waals surface area contributed by atoms with Crippen LogP contribution in [0.15, 0.2) is 27.5 Å². The summed E-state index contributed by atoms with van der Waals surface area (Å²) in [5.74, 6) is -0.874. The molecule has 3 rings (SSSR count). The van der Waals surface area contributed by atoms with Crippen molar-refractivity contribution < 1.29 is 26.4 Å². The molecule has 1 aliphatic rings. The summed E-state index contributed by atoms with van der Waals surface area (Å²) in [5, 5.41) is 0. The summed E-state index contributed by atoms with van der Waals surface area (Å²) in [6, 6.07) is 2.32. The lowest BCUT2D eigenvalue weighted by atomic mass is 10.1. The van der Waals surface area contributed by atoms with E-state index in [0.717, 1.165) is 22.0 Å². The Labute approximate surface area is 156 Å². The van der Waals surface area contributed by atoms with Crippen LogP contribution in [0.1, 0.15) is 27.4 Å². The molecule has 1 fully saturated rings. The number of carbonyl (C=O) groups is 1. The van der Waals surface area contributed by atoms with E-state index in [4.69, 9.17) is 4.42 Å². The van der Waals surface area contributed by atoms with Crippen LogP contribution in [0.5, 0.6) is 0 Å². The van der Waals surface area contributed by atoms with Crippen molar-refractivity contribution in [2.45, 2.75) is 25.7 Å². The molecule has 1 aliphatic heterocycles. The molecule has 0 N–H and O–H groups in total. The molecule has 0 bridgehead atoms. The van der Waals surface area contributed by atoms with Crippen LogP contribution in [0.25, 0.3) is 0 Å². The Bertz CT molecular complexity index is 993. The van der Waals surface area contributed by atoms with Crippen LogP contribution >= 0.6 is 0 Å². The number of hydrogen-bond acceptors (Lipinski definition) is 4. The van der Waals surface area contributed by atoms with Gasteiger partial charge in [0.05, 0.1) is 5.56 Å². The first-order chi connectivity index (χ1) is 12.6. The molecule has 27 heavy (non-hydrogen) atoms. The van der Waals surface area contributed by atoms with E-state index in [1.165, 1.54) is 4.90 Å². The molecule has 0 radical (unpaired) electrons. The van der Waals surface area contributed by atoms with E-state index in [2.05, 4.69) is 0 Å². The molecule has 1 amide bonds. The maximum absolute atomic E-state index is 13.9. The predicted molar refractivity (Wildman–Crippen MR) is 93.9 cm³/mol. The highest BCUT2D eigenvalue weighted by atomic mass is 32.2. The van der Waals surface area contributed by atoms with Crippen molar-refractivity contribution in [3.63, 3.8) is 0 Å². The van der Waals surface area contributed by atoms with E-state index >= 15 is 0 Å². The highest BCUT2D eigenvalue weighted by Gasteiger charge is 2.33. The number of piperazine rings is 1. The summed E-state index contributed by atoms with van der Waals surface area (Å²) in [7, 11) is -4.18. The van der Waals surface area contributed by atoms with Gasteiger partial charge in [0, 0.05) is 31.7 Å². The Kier molecular flexibility index (Phi) is 5.09. The minimum Gasteiger partial charge on any atom is -0.466 e. The second-order valence-corrected chi connectivity index (χ2v) is 8.39. The van der Waals surface area contributed by atoms with Crippen molar-refractivity contribution in [3.8, 4) is 0 Å². The highest BCUT2D eigenvalue weighted by molar-refractivity contribution is 7.89. The first kappa shape index (κ1) is 19.5. The lowest BCUT2D eigenvalue weighted by molar-refractivity contribution is 0.0695. The monoisotopic (exact) mass is 398 g/mol. The number of halogens is 2. The SMILES string of the molecule is Cc1oc(C)c(C(=O)N2CCN(S(=O)(=O)c3cc(F)ccc3F)CC2)c1C. The molecule has 0 spiro atoms. The van der Waals surface area contributed by atoms with Crippen molar-refractivity contribution in [1.82, 2.24) is 9.21 Å². The van der Waals surface area contributed by atoms with Gasteiger partial charge < -0.3 is 9.32 Å². The third-order valence-corrected chi connectivity index (χ3v) is 6.73. The van der Waals surface area contributed by atoms with Crippen LogP contribution in [0, 0.1) is 32.4 Å². The Balaban J connectivity index is 1.77. The average Bonchev–Trinajstić information content (AvgIpc) is 2.88. The number of furan rings is 1. The second kappa shape index (κ2) is 7.05. The molecular weight excluding hydrogens is 378 g/mol. The van der Waals surface area contributed by atoms with Gasteiger partial charge >= 0.3 is 0 Å². The van der Waals surface area contributed by atoms with Gasteiger partial charge in [0.15, 0.2) is 0 Å². The summed E-state index contributed by atoms with van der Waals surface area (Å²) in [4.78, 5) is 13.6. The summed E-state index contributed by atoms with van der Waals surface area (Å²) in [6.45, 7) is 5.58. The third kappa shape index (κ3) is 3.49. The normalized spacial score (nSPS) is 16.0. The number of sulfonamides is 1. The van der Waals surface area contributed by atoms with Gasteiger partial charge in [-0.05, 0) is 39.0 Å². The number of nitrogens with zero attached hydrogens (tertiary/aromatic N) is 2. The van der Waals surface area contributed by atoms with Crippen molar-refractivity contribution in [2.75, 3.05) is 26.2 Å². The van der Waals surface area contributed by atoms with Gasteiger partial charge in [-0.25, -0.2) is 17.2 Å². The molecular formula is C18H20F2N2O4S. The largest absolute Gasteiger partial charge is 0.466 e. The summed E-state index contributed by atoms with van der Waals surface area (Å²) in [6.07, 6.45) is 0. The van der Waals surface area contributed by atoms with Crippen LogP contribution in [-0.4, -0.2) is 49.7 Å². The lowest BCUT2D eigenvalue weighted by Crippen LogP contribution is -2.50. The third-order valence-electron chi connectivity index (χ3n) is 4.81. The molecule has 2 heterocycles. The van der Waals surface area contributed by atoms with Crippen LogP contribution in [0.3, 0.4) is 0 Å². The molecule has 146 valence electrons. The highest BCUT2D eigenvalue weighted by Crippen LogP contribution is 2.25. The molecule has 0 saturated carbocycles. The second-order valence-electron chi connectivity index (χ2n) is 6.49. The maximum atomic E-state index is 13.9. The molecule has 1 saturated heterocycles. The Morgan fingerprint density at radius 2 is 1.67 bits per heavy atom. The van der Waals surface area contributed by atoms with Crippen LogP contribution in [0.2, 0.25) is 0 Å². The fraction of sp³-hybridized carbons (Fsp3) is 0.389. The summed E-state index contributed by atoms with van der Waals surface area (Å²) in [5.41, 5.74) is 1.24. The van der Waals surface area contributed by atoms with Gasteiger partial charge in [0.25, 0.3) is 5.91 Å². The molecule has 2 aromatic rings. The van der Waals surface area contributed by atoms with Crippen LogP contribution in [-0.2, 0) is 10.0 Å². The zero-order chi connectivity index (χ0) is 19.9. The first-order valence-corrected chi connectivity index (χ1v) is 9.88. The van der Waals surface area contributed by atoms with E-state index in [-0.39, 0.29) is 32.1 Å². The van der Waals surface area contributed by atoms with Gasteiger partial charge in [-0.3, -0.25) is 4.79 Å². The van der Waals surface area contributed by atoms with Crippen molar-refractivity contribution in [2.24, 2.45) is 0 Å². The van der Waals surface area contributed by atoms with Crippen LogP contribution < -0.4 is 0 Å². The van der Waals surface area contributed by atoms with Crippen molar-refractivity contribution in [3.05, 3.63) is 52.5 Å². The number of rotatable bonds is 3. The maximum Gasteiger partial charge on any atom is 0.257 e. The van der Waals surface area contributed by atoms with E-state index in [1.807, 2.05) is 0 Å². The van der Waals surface area contributed by atoms with E-state index in [9.17, 15) is 22.0 Å². The number of hydrogen-bond donors (Lipinski definition) is 0. The molecule has 9 heteroatoms. The Morgan fingerprint density at radius 1 is 1.04 bits per heavy atom. The minimum absolute atomic E-state index is 0.00104. The number of carbonyl (C=O) groups excluding carboxylic acids is 1. The van der Waals surface area contributed by atoms with Crippen molar-refractivity contribution >= 4 is 15.9 Å². The van der Waals surface area contributed by atoms with Crippen LogP contribution in [0.4, 0.5) is 8.78 Å². The standard InChI is InChI=1S/C18H20F2N2O4S/c1-11-12(2)26-13(3)17(11)18(23)21-6-8-22(9-7-21)27(24,25)16-10-14(19)4-5-15(16)20/h4-5,10H,6-9H2,1-3H3. The molecule has 0 aliphatic carbocycles. The van der Waals surface area contributed by atoms with Gasteiger partial charge in [-0.1, -0.05) is 0 Å². The van der Waals surface area contributed by atoms with Gasteiger partial charge in [-0.2, -0.15) is 4.31 Å². The summed E-state index contributed by atoms with van der Waals surface area (Å²) >= 11 is 0. The molecule has 1 aromatic carbocycles. The van der Waals surface area contributed by atoms with E-state index < -0.39 is 26.6 Å². The van der Waals surface area contributed by atoms with Gasteiger partial charge in [-0.15, -0.1) is 0 Å². The topological polar surface area (TPSA) is 70.8 Å². The van der Waals surface area contributed by atoms with E-state index in [1.54, 1.807) is 20.8 Å². The molecule has 1 aromatic heterocycles. The smallest absolute Gasteiger partial charge is 0.257 e. The fourth-order valence-electron chi connectivity index (χ4n) is 3.21. The quantitative estimate of drug-likeness (QED) is 0.797. The lowest BCUT2D eigenvalue weighted by Gasteiger charge is -2.34.